The molecule has 1 aliphatic heterocycles. The molecule has 0 radical (unpaired) electrons. The normalized spacial score (nSPS) is 23.6. The molecule has 0 bridgehead atoms. The standard InChI is InChI=1S/C40H51NO4S/c1-28(2)36(40(27-41-24-25-45-40)31-14-17-33(46-3)18-15-31)35-26-32(39(44)22-8-5-9-23-39)16-19-34(35)37(42)29-10-12-30(13-11-29)38(43)20-6-4-7-21-38/h10-19,26,28,36,41,43-44H,4-9,20-25,27H2,1-3H3. The van der Waals surface area contributed by atoms with Crippen molar-refractivity contribution in [2.24, 2.45) is 5.92 Å². The highest BCUT2D eigenvalue weighted by molar-refractivity contribution is 7.98. The highest BCUT2D eigenvalue weighted by Gasteiger charge is 2.47. The third-order valence-corrected chi connectivity index (χ3v) is 11.7. The second kappa shape index (κ2) is 13.9. The zero-order valence-electron chi connectivity index (χ0n) is 27.8. The van der Waals surface area contributed by atoms with Gasteiger partial charge in [-0.1, -0.05) is 107 Å². The van der Waals surface area contributed by atoms with Crippen LogP contribution in [-0.2, 0) is 21.5 Å². The molecule has 0 spiro atoms. The molecule has 3 aliphatic rings. The lowest BCUT2D eigenvalue weighted by atomic mass is 9.68. The summed E-state index contributed by atoms with van der Waals surface area (Å²) in [5.74, 6) is -0.0683. The Morgan fingerprint density at radius 1 is 0.783 bits per heavy atom. The zero-order chi connectivity index (χ0) is 32.4. The van der Waals surface area contributed by atoms with Gasteiger partial charge in [0.2, 0.25) is 0 Å². The van der Waals surface area contributed by atoms with Crippen LogP contribution in [0.4, 0.5) is 0 Å². The number of rotatable bonds is 9. The van der Waals surface area contributed by atoms with E-state index in [2.05, 4.69) is 55.8 Å². The lowest BCUT2D eigenvalue weighted by molar-refractivity contribution is -0.0995. The van der Waals surface area contributed by atoms with Crippen LogP contribution < -0.4 is 5.32 Å². The molecular weight excluding hydrogens is 591 g/mol. The molecule has 3 N–H and O–H groups in total. The number of benzene rings is 3. The minimum absolute atomic E-state index is 0.0401. The molecule has 6 rings (SSSR count). The quantitative estimate of drug-likeness (QED) is 0.162. The van der Waals surface area contributed by atoms with E-state index in [1.54, 1.807) is 11.8 Å². The third-order valence-electron chi connectivity index (χ3n) is 11.0. The Bertz CT molecular complexity index is 1480. The van der Waals surface area contributed by atoms with Crippen molar-refractivity contribution in [1.82, 2.24) is 5.32 Å². The van der Waals surface area contributed by atoms with E-state index in [0.717, 1.165) is 93.0 Å². The number of morpholine rings is 1. The molecule has 246 valence electrons. The predicted octanol–water partition coefficient (Wildman–Crippen LogP) is 8.20. The van der Waals surface area contributed by atoms with Gasteiger partial charge >= 0.3 is 0 Å². The van der Waals surface area contributed by atoms with Crippen molar-refractivity contribution in [3.05, 3.63) is 100 Å². The maximum atomic E-state index is 14.6. The minimum atomic E-state index is -0.897. The van der Waals surface area contributed by atoms with Crippen molar-refractivity contribution < 1.29 is 19.7 Å². The molecule has 2 atom stereocenters. The zero-order valence-corrected chi connectivity index (χ0v) is 28.6. The molecule has 6 heteroatoms. The maximum Gasteiger partial charge on any atom is 0.193 e. The van der Waals surface area contributed by atoms with E-state index >= 15 is 0 Å². The first-order valence-corrected chi connectivity index (χ1v) is 18.7. The SMILES string of the molecule is CSc1ccc(C2(C(c3cc(C4(O)CCCCC4)ccc3C(=O)c3ccc(C4(O)CCCCC4)cc3)C(C)C)CNCCO2)cc1. The van der Waals surface area contributed by atoms with Crippen molar-refractivity contribution >= 4 is 17.5 Å². The predicted molar refractivity (Wildman–Crippen MR) is 187 cm³/mol. The van der Waals surface area contributed by atoms with Crippen LogP contribution in [0.3, 0.4) is 0 Å². The van der Waals surface area contributed by atoms with Crippen LogP contribution >= 0.6 is 11.8 Å². The van der Waals surface area contributed by atoms with Gasteiger partial charge in [0.25, 0.3) is 0 Å². The molecule has 0 amide bonds. The highest BCUT2D eigenvalue weighted by Crippen LogP contribution is 2.49. The second-order valence-corrected chi connectivity index (χ2v) is 15.1. The number of ether oxygens (including phenoxy) is 1. The molecule has 0 aromatic heterocycles. The fourth-order valence-corrected chi connectivity index (χ4v) is 8.88. The van der Waals surface area contributed by atoms with E-state index in [-0.39, 0.29) is 17.6 Å². The number of nitrogens with one attached hydrogen (secondary N) is 1. The largest absolute Gasteiger partial charge is 0.385 e. The van der Waals surface area contributed by atoms with Crippen LogP contribution in [0, 0.1) is 5.92 Å². The Labute approximate surface area is 279 Å². The number of hydrogen-bond donors (Lipinski definition) is 3. The summed E-state index contributed by atoms with van der Waals surface area (Å²) in [6.45, 7) is 6.42. The Hall–Kier alpha value is -2.48. The van der Waals surface area contributed by atoms with Gasteiger partial charge < -0.3 is 20.3 Å². The van der Waals surface area contributed by atoms with Crippen LogP contribution in [0.1, 0.15) is 122 Å². The van der Waals surface area contributed by atoms with Gasteiger partial charge in [-0.2, -0.15) is 0 Å². The summed E-state index contributed by atoms with van der Waals surface area (Å²) in [5.41, 5.74) is 2.69. The minimum Gasteiger partial charge on any atom is -0.385 e. The average Bonchev–Trinajstić information content (AvgIpc) is 3.09. The summed E-state index contributed by atoms with van der Waals surface area (Å²) in [5, 5.41) is 26.9. The number of carbonyl (C=O) groups is 1. The summed E-state index contributed by atoms with van der Waals surface area (Å²) in [6, 6.07) is 22.4. The Morgan fingerprint density at radius 3 is 1.89 bits per heavy atom. The molecule has 46 heavy (non-hydrogen) atoms. The molecule has 2 aliphatic carbocycles. The molecule has 2 unspecified atom stereocenters. The van der Waals surface area contributed by atoms with Gasteiger partial charge in [0.15, 0.2) is 5.78 Å². The summed E-state index contributed by atoms with van der Waals surface area (Å²) in [4.78, 5) is 15.7. The number of aliphatic hydroxyl groups is 2. The molecule has 3 fully saturated rings. The molecule has 3 aromatic carbocycles. The van der Waals surface area contributed by atoms with Crippen LogP contribution in [-0.4, -0.2) is 41.9 Å². The average molecular weight is 642 g/mol. The number of carbonyl (C=O) groups excluding carboxylic acids is 1. The second-order valence-electron chi connectivity index (χ2n) is 14.3. The highest BCUT2D eigenvalue weighted by atomic mass is 32.2. The van der Waals surface area contributed by atoms with Gasteiger partial charge in [-0.3, -0.25) is 4.79 Å². The molecule has 1 saturated heterocycles. The van der Waals surface area contributed by atoms with Crippen LogP contribution in [0.25, 0.3) is 0 Å². The molecule has 2 saturated carbocycles. The van der Waals surface area contributed by atoms with Gasteiger partial charge in [0.1, 0.15) is 5.60 Å². The third kappa shape index (κ3) is 6.49. The number of ketones is 1. The number of hydrogen-bond acceptors (Lipinski definition) is 6. The van der Waals surface area contributed by atoms with Crippen molar-refractivity contribution in [3.63, 3.8) is 0 Å². The summed E-state index contributed by atoms with van der Waals surface area (Å²) >= 11 is 1.72. The topological polar surface area (TPSA) is 78.8 Å². The van der Waals surface area contributed by atoms with E-state index in [1.165, 1.54) is 4.90 Å². The van der Waals surface area contributed by atoms with E-state index in [4.69, 9.17) is 4.74 Å². The van der Waals surface area contributed by atoms with E-state index in [9.17, 15) is 15.0 Å². The van der Waals surface area contributed by atoms with Gasteiger partial charge in [-0.25, -0.2) is 0 Å². The van der Waals surface area contributed by atoms with Crippen LogP contribution in [0.15, 0.2) is 71.6 Å². The Balaban J connectivity index is 1.47. The van der Waals surface area contributed by atoms with E-state index in [0.29, 0.717) is 24.3 Å². The van der Waals surface area contributed by atoms with Crippen molar-refractivity contribution in [1.29, 1.82) is 0 Å². The summed E-state index contributed by atoms with van der Waals surface area (Å²) < 4.78 is 6.88. The van der Waals surface area contributed by atoms with Crippen LogP contribution in [0.2, 0.25) is 0 Å². The van der Waals surface area contributed by atoms with Gasteiger partial charge in [-0.05, 0) is 72.2 Å². The molecule has 3 aromatic rings. The Morgan fingerprint density at radius 2 is 1.35 bits per heavy atom. The summed E-state index contributed by atoms with van der Waals surface area (Å²) in [6.07, 6.45) is 11.4. The first-order valence-electron chi connectivity index (χ1n) is 17.4. The first kappa shape index (κ1) is 33.4. The van der Waals surface area contributed by atoms with Crippen molar-refractivity contribution in [3.8, 4) is 0 Å². The molecular formula is C40H51NO4S. The van der Waals surface area contributed by atoms with Crippen LogP contribution in [0.5, 0.6) is 0 Å². The maximum absolute atomic E-state index is 14.6. The van der Waals surface area contributed by atoms with Gasteiger partial charge in [0.05, 0.1) is 17.8 Å². The lowest BCUT2D eigenvalue weighted by Crippen LogP contribution is -2.52. The van der Waals surface area contributed by atoms with Gasteiger partial charge in [-0.15, -0.1) is 11.8 Å². The van der Waals surface area contributed by atoms with E-state index < -0.39 is 16.8 Å². The summed E-state index contributed by atoms with van der Waals surface area (Å²) in [7, 11) is 0. The van der Waals surface area contributed by atoms with Crippen molar-refractivity contribution in [2.45, 2.75) is 106 Å². The monoisotopic (exact) mass is 641 g/mol. The first-order chi connectivity index (χ1) is 22.2. The van der Waals surface area contributed by atoms with Gasteiger partial charge in [0, 0.05) is 35.0 Å². The molecule has 1 heterocycles. The number of thioether (sulfide) groups is 1. The van der Waals surface area contributed by atoms with Crippen molar-refractivity contribution in [2.75, 3.05) is 26.0 Å². The van der Waals surface area contributed by atoms with E-state index in [1.807, 2.05) is 36.4 Å². The smallest absolute Gasteiger partial charge is 0.193 e. The Kier molecular flexibility index (Phi) is 10.1. The lowest BCUT2D eigenvalue weighted by Gasteiger charge is -2.47. The fraction of sp³-hybridized carbons (Fsp3) is 0.525. The molecule has 5 nitrogen and oxygen atoms in total. The fourth-order valence-electron chi connectivity index (χ4n) is 8.47.